The third kappa shape index (κ3) is 7.20. The zero-order valence-electron chi connectivity index (χ0n) is 14.6. The second kappa shape index (κ2) is 9.88. The third-order valence-corrected chi connectivity index (χ3v) is 4.84. The Morgan fingerprint density at radius 3 is 2.58 bits per heavy atom. The van der Waals surface area contributed by atoms with Gasteiger partial charge in [0.15, 0.2) is 0 Å². The van der Waals surface area contributed by atoms with Crippen LogP contribution >= 0.6 is 0 Å². The van der Waals surface area contributed by atoms with Crippen molar-refractivity contribution in [1.29, 1.82) is 0 Å². The van der Waals surface area contributed by atoms with E-state index in [9.17, 15) is 13.2 Å². The molecule has 1 aromatic heterocycles. The number of ether oxygens (including phenoxy) is 1. The molecule has 140 valence electrons. The van der Waals surface area contributed by atoms with Crippen molar-refractivity contribution in [1.82, 2.24) is 15.0 Å². The van der Waals surface area contributed by atoms with E-state index in [1.165, 1.54) is 0 Å². The number of hydrogen-bond donors (Lipinski definition) is 2. The maximum absolute atomic E-state index is 11.9. The Kier molecular flexibility index (Phi) is 7.55. The van der Waals surface area contributed by atoms with E-state index >= 15 is 0 Å². The molecule has 0 spiro atoms. The summed E-state index contributed by atoms with van der Waals surface area (Å²) in [4.78, 5) is 15.8. The number of carbonyl (C=O) groups is 1. The molecule has 0 aliphatic carbocycles. The van der Waals surface area contributed by atoms with Gasteiger partial charge in [-0.3, -0.25) is 9.78 Å². The Hall–Kier alpha value is -2.45. The molecule has 1 amide bonds. The highest BCUT2D eigenvalue weighted by Crippen LogP contribution is 2.12. The van der Waals surface area contributed by atoms with Gasteiger partial charge in [-0.15, -0.1) is 0 Å². The predicted molar refractivity (Wildman–Crippen MR) is 99.2 cm³/mol. The minimum Gasteiger partial charge on any atom is -0.494 e. The summed E-state index contributed by atoms with van der Waals surface area (Å²) in [6.07, 6.45) is 3.41. The summed E-state index contributed by atoms with van der Waals surface area (Å²) >= 11 is 0. The summed E-state index contributed by atoms with van der Waals surface area (Å²) < 4.78 is 31.7. The molecule has 0 fully saturated rings. The number of nitrogens with one attached hydrogen (secondary N) is 2. The van der Waals surface area contributed by atoms with Crippen molar-refractivity contribution in [2.75, 3.05) is 18.9 Å². The van der Waals surface area contributed by atoms with E-state index in [1.54, 1.807) is 36.7 Å². The molecule has 0 saturated carbocycles. The molecule has 0 unspecified atom stereocenters. The fourth-order valence-electron chi connectivity index (χ4n) is 2.21. The molecule has 0 aliphatic rings. The van der Waals surface area contributed by atoms with Crippen molar-refractivity contribution in [3.8, 4) is 5.75 Å². The van der Waals surface area contributed by atoms with Gasteiger partial charge in [-0.2, -0.15) is 0 Å². The van der Waals surface area contributed by atoms with Crippen LogP contribution in [-0.2, 0) is 27.8 Å². The van der Waals surface area contributed by atoms with Crippen LogP contribution in [0.1, 0.15) is 18.1 Å². The van der Waals surface area contributed by atoms with Gasteiger partial charge >= 0.3 is 0 Å². The van der Waals surface area contributed by atoms with Crippen LogP contribution in [-0.4, -0.2) is 38.2 Å². The number of sulfonamides is 1. The molecule has 0 atom stereocenters. The van der Waals surface area contributed by atoms with Gasteiger partial charge in [-0.25, -0.2) is 13.1 Å². The standard InChI is InChI=1S/C18H23N3O4S/c1-2-25-17-7-5-15(6-8-17)12-18(22)20-10-11-26(23,24)21-14-16-4-3-9-19-13-16/h3-9,13,21H,2,10-12,14H2,1H3,(H,20,22). The molecule has 8 heteroatoms. The summed E-state index contributed by atoms with van der Waals surface area (Å²) in [5.41, 5.74) is 1.61. The average Bonchev–Trinajstić information content (AvgIpc) is 2.63. The van der Waals surface area contributed by atoms with E-state index in [4.69, 9.17) is 4.74 Å². The van der Waals surface area contributed by atoms with Gasteiger partial charge in [-0.1, -0.05) is 18.2 Å². The SMILES string of the molecule is CCOc1ccc(CC(=O)NCCS(=O)(=O)NCc2cccnc2)cc1. The fourth-order valence-corrected chi connectivity index (χ4v) is 3.11. The topological polar surface area (TPSA) is 97.4 Å². The minimum absolute atomic E-state index is 0.0538. The molecule has 0 bridgehead atoms. The van der Waals surface area contributed by atoms with Crippen molar-refractivity contribution in [2.24, 2.45) is 0 Å². The zero-order chi connectivity index (χ0) is 18.8. The number of carbonyl (C=O) groups excluding carboxylic acids is 1. The second-order valence-corrected chi connectivity index (χ2v) is 7.53. The minimum atomic E-state index is -3.47. The lowest BCUT2D eigenvalue weighted by Gasteiger charge is -2.08. The molecular weight excluding hydrogens is 354 g/mol. The summed E-state index contributed by atoms with van der Waals surface area (Å²) in [7, 11) is -3.47. The van der Waals surface area contributed by atoms with Crippen LogP contribution in [0.2, 0.25) is 0 Å². The number of amides is 1. The van der Waals surface area contributed by atoms with Crippen molar-refractivity contribution in [3.05, 3.63) is 59.9 Å². The summed E-state index contributed by atoms with van der Waals surface area (Å²) in [6.45, 7) is 2.72. The molecule has 2 rings (SSSR count). The summed E-state index contributed by atoms with van der Waals surface area (Å²) in [6, 6.07) is 10.8. The van der Waals surface area contributed by atoms with E-state index in [1.807, 2.05) is 19.1 Å². The van der Waals surface area contributed by atoms with Gasteiger partial charge < -0.3 is 10.1 Å². The average molecular weight is 377 g/mol. The Morgan fingerprint density at radius 1 is 1.15 bits per heavy atom. The smallest absolute Gasteiger partial charge is 0.224 e. The number of aromatic nitrogens is 1. The van der Waals surface area contributed by atoms with Gasteiger partial charge in [0.2, 0.25) is 15.9 Å². The van der Waals surface area contributed by atoms with E-state index in [2.05, 4.69) is 15.0 Å². The molecule has 26 heavy (non-hydrogen) atoms. The lowest BCUT2D eigenvalue weighted by molar-refractivity contribution is -0.120. The first-order chi connectivity index (χ1) is 12.5. The number of nitrogens with zero attached hydrogens (tertiary/aromatic N) is 1. The predicted octanol–water partition coefficient (Wildman–Crippen LogP) is 1.26. The van der Waals surface area contributed by atoms with Gasteiger partial charge in [0.1, 0.15) is 5.75 Å². The van der Waals surface area contributed by atoms with Crippen LogP contribution in [0.15, 0.2) is 48.8 Å². The second-order valence-electron chi connectivity index (χ2n) is 5.60. The number of hydrogen-bond acceptors (Lipinski definition) is 5. The van der Waals surface area contributed by atoms with E-state index < -0.39 is 10.0 Å². The van der Waals surface area contributed by atoms with Gasteiger partial charge in [0, 0.05) is 25.5 Å². The van der Waals surface area contributed by atoms with E-state index in [0.717, 1.165) is 16.9 Å². The zero-order valence-corrected chi connectivity index (χ0v) is 15.5. The van der Waals surface area contributed by atoms with Crippen molar-refractivity contribution in [2.45, 2.75) is 19.9 Å². The number of rotatable bonds is 10. The highest BCUT2D eigenvalue weighted by molar-refractivity contribution is 7.89. The van der Waals surface area contributed by atoms with Crippen LogP contribution in [0.25, 0.3) is 0 Å². The lowest BCUT2D eigenvalue weighted by atomic mass is 10.1. The summed E-state index contributed by atoms with van der Waals surface area (Å²) in [5.74, 6) is 0.349. The van der Waals surface area contributed by atoms with Gasteiger partial charge in [-0.05, 0) is 36.2 Å². The molecule has 0 radical (unpaired) electrons. The molecule has 7 nitrogen and oxygen atoms in total. The molecule has 0 saturated heterocycles. The molecule has 0 aliphatic heterocycles. The molecule has 1 heterocycles. The lowest BCUT2D eigenvalue weighted by Crippen LogP contribution is -2.34. The van der Waals surface area contributed by atoms with Gasteiger partial charge in [0.05, 0.1) is 18.8 Å². The van der Waals surface area contributed by atoms with E-state index in [0.29, 0.717) is 6.61 Å². The van der Waals surface area contributed by atoms with Crippen LogP contribution in [0.5, 0.6) is 5.75 Å². The van der Waals surface area contributed by atoms with Crippen molar-refractivity contribution < 1.29 is 17.9 Å². The van der Waals surface area contributed by atoms with E-state index in [-0.39, 0.29) is 31.2 Å². The Morgan fingerprint density at radius 2 is 1.92 bits per heavy atom. The monoisotopic (exact) mass is 377 g/mol. The normalized spacial score (nSPS) is 11.1. The molecule has 2 N–H and O–H groups in total. The summed E-state index contributed by atoms with van der Waals surface area (Å²) in [5, 5.41) is 2.62. The first-order valence-corrected chi connectivity index (χ1v) is 9.98. The maximum atomic E-state index is 11.9. The van der Waals surface area contributed by atoms with Gasteiger partial charge in [0.25, 0.3) is 0 Å². The van der Waals surface area contributed by atoms with Crippen LogP contribution in [0.4, 0.5) is 0 Å². The first-order valence-electron chi connectivity index (χ1n) is 8.33. The van der Waals surface area contributed by atoms with Crippen LogP contribution in [0, 0.1) is 0 Å². The molecule has 1 aromatic carbocycles. The molecular formula is C18H23N3O4S. The Balaban J connectivity index is 1.71. The van der Waals surface area contributed by atoms with Crippen LogP contribution in [0.3, 0.4) is 0 Å². The van der Waals surface area contributed by atoms with Crippen LogP contribution < -0.4 is 14.8 Å². The maximum Gasteiger partial charge on any atom is 0.224 e. The highest BCUT2D eigenvalue weighted by Gasteiger charge is 2.11. The quantitative estimate of drug-likeness (QED) is 0.650. The largest absolute Gasteiger partial charge is 0.494 e. The first kappa shape index (κ1) is 19.9. The molecule has 2 aromatic rings. The number of pyridine rings is 1. The number of benzene rings is 1. The fraction of sp³-hybridized carbons (Fsp3) is 0.333. The van der Waals surface area contributed by atoms with Crippen molar-refractivity contribution in [3.63, 3.8) is 0 Å². The third-order valence-electron chi connectivity index (χ3n) is 3.51. The van der Waals surface area contributed by atoms with Crippen molar-refractivity contribution >= 4 is 15.9 Å². The Labute approximate surface area is 153 Å². The highest BCUT2D eigenvalue weighted by atomic mass is 32.2. The Bertz CT molecular complexity index is 793.